The molecule has 1 N–H and O–H groups in total. The molecule has 5 nitrogen and oxygen atoms in total. The van der Waals surface area contributed by atoms with Crippen molar-refractivity contribution < 1.29 is 19.4 Å². The second kappa shape index (κ2) is 5.99. The molecule has 1 heterocycles. The fourth-order valence-corrected chi connectivity index (χ4v) is 3.53. The Hall–Kier alpha value is -1.31. The molecule has 0 radical (unpaired) electrons. The van der Waals surface area contributed by atoms with E-state index in [9.17, 15) is 14.7 Å². The largest absolute Gasteiger partial charge is 0.480 e. The zero-order valence-electron chi connectivity index (χ0n) is 11.1. The van der Waals surface area contributed by atoms with Crippen LogP contribution in [-0.2, 0) is 16.1 Å². The molecule has 1 aliphatic heterocycles. The smallest absolute Gasteiger partial charge is 0.411 e. The first-order valence-corrected chi connectivity index (χ1v) is 7.54. The summed E-state index contributed by atoms with van der Waals surface area (Å²) in [6.45, 7) is 2.12. The highest BCUT2D eigenvalue weighted by molar-refractivity contribution is 14.1. The van der Waals surface area contributed by atoms with Crippen molar-refractivity contribution in [2.24, 2.45) is 0 Å². The van der Waals surface area contributed by atoms with Crippen molar-refractivity contribution in [2.45, 2.75) is 29.4 Å². The number of rotatable bonds is 3. The first kappa shape index (κ1) is 15.1. The highest BCUT2D eigenvalue weighted by Crippen LogP contribution is 2.34. The standard InChI is InChI=1S/C14H16INO4/c1-14(12(17)18)7-11(15)8-16(14)13(19)20-9-10-5-3-2-4-6-10/h2-6,11H,7-9H2,1H3,(H,17,18)/t11-,14+/m1/s1. The Balaban J connectivity index is 2.03. The van der Waals surface area contributed by atoms with Gasteiger partial charge in [-0.15, -0.1) is 0 Å². The quantitative estimate of drug-likeness (QED) is 0.638. The Morgan fingerprint density at radius 1 is 1.45 bits per heavy atom. The molecule has 20 heavy (non-hydrogen) atoms. The minimum Gasteiger partial charge on any atom is -0.480 e. The lowest BCUT2D eigenvalue weighted by atomic mass is 10.00. The molecule has 2 atom stereocenters. The van der Waals surface area contributed by atoms with Crippen LogP contribution in [0.3, 0.4) is 0 Å². The van der Waals surface area contributed by atoms with Crippen LogP contribution in [0.25, 0.3) is 0 Å². The van der Waals surface area contributed by atoms with Crippen molar-refractivity contribution in [1.29, 1.82) is 0 Å². The molecule has 0 spiro atoms. The monoisotopic (exact) mass is 389 g/mol. The Morgan fingerprint density at radius 3 is 2.70 bits per heavy atom. The van der Waals surface area contributed by atoms with Gasteiger partial charge in [-0.2, -0.15) is 0 Å². The lowest BCUT2D eigenvalue weighted by molar-refractivity contribution is -0.147. The van der Waals surface area contributed by atoms with Gasteiger partial charge >= 0.3 is 12.1 Å². The summed E-state index contributed by atoms with van der Waals surface area (Å²) < 4.78 is 5.35. The van der Waals surface area contributed by atoms with Crippen molar-refractivity contribution >= 4 is 34.7 Å². The van der Waals surface area contributed by atoms with E-state index >= 15 is 0 Å². The van der Waals surface area contributed by atoms with Crippen LogP contribution in [0.1, 0.15) is 18.9 Å². The van der Waals surface area contributed by atoms with E-state index in [1.807, 2.05) is 30.3 Å². The molecular formula is C14H16INO4. The highest BCUT2D eigenvalue weighted by atomic mass is 127. The van der Waals surface area contributed by atoms with Gasteiger partial charge in [0.25, 0.3) is 0 Å². The molecule has 1 saturated heterocycles. The number of benzene rings is 1. The van der Waals surface area contributed by atoms with E-state index in [1.165, 1.54) is 4.90 Å². The van der Waals surface area contributed by atoms with Gasteiger partial charge in [0, 0.05) is 10.5 Å². The summed E-state index contributed by atoms with van der Waals surface area (Å²) in [5.41, 5.74) is -0.303. The van der Waals surface area contributed by atoms with Gasteiger partial charge in [-0.1, -0.05) is 52.9 Å². The first-order valence-electron chi connectivity index (χ1n) is 6.29. The van der Waals surface area contributed by atoms with Crippen LogP contribution < -0.4 is 0 Å². The number of hydrogen-bond donors (Lipinski definition) is 1. The second-order valence-electron chi connectivity index (χ2n) is 5.03. The highest BCUT2D eigenvalue weighted by Gasteiger charge is 2.50. The summed E-state index contributed by atoms with van der Waals surface area (Å²) in [5.74, 6) is -0.992. The van der Waals surface area contributed by atoms with Crippen molar-refractivity contribution in [3.63, 3.8) is 0 Å². The molecule has 0 aliphatic carbocycles. The van der Waals surface area contributed by atoms with Gasteiger partial charge in [-0.3, -0.25) is 4.90 Å². The molecule has 0 saturated carbocycles. The summed E-state index contributed by atoms with van der Waals surface area (Å²) >= 11 is 2.17. The van der Waals surface area contributed by atoms with Crippen molar-refractivity contribution in [3.05, 3.63) is 35.9 Å². The van der Waals surface area contributed by atoms with Crippen LogP contribution in [0.5, 0.6) is 0 Å². The number of hydrogen-bond acceptors (Lipinski definition) is 3. The molecule has 108 valence electrons. The number of carbonyl (C=O) groups is 2. The van der Waals surface area contributed by atoms with Gasteiger partial charge in [0.2, 0.25) is 0 Å². The molecule has 2 rings (SSSR count). The molecule has 0 bridgehead atoms. The Bertz CT molecular complexity index is 507. The first-order chi connectivity index (χ1) is 9.43. The Morgan fingerprint density at radius 2 is 2.10 bits per heavy atom. The van der Waals surface area contributed by atoms with Crippen LogP contribution in [0.2, 0.25) is 0 Å². The number of carboxylic acid groups (broad SMARTS) is 1. The Kier molecular flexibility index (Phi) is 4.52. The number of likely N-dealkylation sites (tertiary alicyclic amines) is 1. The van der Waals surface area contributed by atoms with Gasteiger partial charge in [-0.25, -0.2) is 9.59 Å². The zero-order valence-corrected chi connectivity index (χ0v) is 13.2. The fourth-order valence-electron chi connectivity index (χ4n) is 2.28. The van der Waals surface area contributed by atoms with Crippen LogP contribution >= 0.6 is 22.6 Å². The van der Waals surface area contributed by atoms with E-state index in [1.54, 1.807) is 6.92 Å². The van der Waals surface area contributed by atoms with Gasteiger partial charge in [0.15, 0.2) is 0 Å². The topological polar surface area (TPSA) is 66.8 Å². The lowest BCUT2D eigenvalue weighted by Crippen LogP contribution is -2.50. The number of carboxylic acids is 1. The minimum atomic E-state index is -1.18. The molecule has 6 heteroatoms. The van der Waals surface area contributed by atoms with Gasteiger partial charge in [0.05, 0.1) is 0 Å². The molecule has 0 unspecified atom stereocenters. The number of aliphatic carboxylic acids is 1. The van der Waals surface area contributed by atoms with Crippen molar-refractivity contribution in [1.82, 2.24) is 4.90 Å². The second-order valence-corrected chi connectivity index (χ2v) is 6.79. The van der Waals surface area contributed by atoms with E-state index in [0.29, 0.717) is 13.0 Å². The molecule has 1 amide bonds. The van der Waals surface area contributed by atoms with Crippen LogP contribution in [0.15, 0.2) is 30.3 Å². The summed E-state index contributed by atoms with van der Waals surface area (Å²) in [5, 5.41) is 9.34. The minimum absolute atomic E-state index is 0.123. The molecule has 1 aliphatic rings. The normalized spacial score (nSPS) is 25.5. The number of ether oxygens (including phenoxy) is 1. The van der Waals surface area contributed by atoms with Gasteiger partial charge in [0.1, 0.15) is 12.1 Å². The van der Waals surface area contributed by atoms with E-state index in [-0.39, 0.29) is 10.5 Å². The van der Waals surface area contributed by atoms with E-state index in [0.717, 1.165) is 5.56 Å². The van der Waals surface area contributed by atoms with Crippen LogP contribution in [-0.4, -0.2) is 38.1 Å². The third kappa shape index (κ3) is 3.05. The summed E-state index contributed by atoms with van der Waals surface area (Å²) in [6, 6.07) is 9.32. The number of halogens is 1. The maximum atomic E-state index is 12.1. The number of amides is 1. The van der Waals surface area contributed by atoms with E-state index < -0.39 is 17.6 Å². The molecular weight excluding hydrogens is 373 g/mol. The SMILES string of the molecule is C[C@@]1(C(=O)O)C[C@@H](I)CN1C(=O)OCc1ccccc1. The third-order valence-electron chi connectivity index (χ3n) is 3.48. The molecule has 1 aromatic rings. The number of nitrogens with zero attached hydrogens (tertiary/aromatic N) is 1. The lowest BCUT2D eigenvalue weighted by Gasteiger charge is -2.30. The summed E-state index contributed by atoms with van der Waals surface area (Å²) in [7, 11) is 0. The van der Waals surface area contributed by atoms with Gasteiger partial charge < -0.3 is 9.84 Å². The fraction of sp³-hybridized carbons (Fsp3) is 0.429. The van der Waals surface area contributed by atoms with Crippen molar-refractivity contribution in [2.75, 3.05) is 6.54 Å². The van der Waals surface area contributed by atoms with Crippen LogP contribution in [0.4, 0.5) is 4.79 Å². The van der Waals surface area contributed by atoms with Gasteiger partial charge in [-0.05, 0) is 18.9 Å². The van der Waals surface area contributed by atoms with Crippen LogP contribution in [0, 0.1) is 0 Å². The van der Waals surface area contributed by atoms with E-state index in [2.05, 4.69) is 22.6 Å². The maximum Gasteiger partial charge on any atom is 0.411 e. The predicted octanol–water partition coefficient (Wildman–Crippen LogP) is 2.68. The van der Waals surface area contributed by atoms with E-state index in [4.69, 9.17) is 4.74 Å². The third-order valence-corrected chi connectivity index (χ3v) is 4.32. The van der Waals surface area contributed by atoms with Crippen molar-refractivity contribution in [3.8, 4) is 0 Å². The molecule has 0 aromatic heterocycles. The summed E-state index contributed by atoms with van der Waals surface area (Å²) in [4.78, 5) is 24.8. The maximum absolute atomic E-state index is 12.1. The molecule has 1 fully saturated rings. The average molecular weight is 389 g/mol. The average Bonchev–Trinajstić information content (AvgIpc) is 2.74. The Labute approximate surface area is 131 Å². The molecule has 1 aromatic carbocycles. The zero-order chi connectivity index (χ0) is 14.8. The number of alkyl halides is 1. The summed E-state index contributed by atoms with van der Waals surface area (Å²) in [6.07, 6.45) is -0.138. The number of carbonyl (C=O) groups excluding carboxylic acids is 1. The predicted molar refractivity (Wildman–Crippen MR) is 81.8 cm³/mol.